The molecule has 0 aliphatic heterocycles. The highest BCUT2D eigenvalue weighted by molar-refractivity contribution is 9.10. The largest absolute Gasteiger partial charge is 0.496 e. The number of ether oxygens (including phenoxy) is 1. The van der Waals surface area contributed by atoms with Crippen LogP contribution in [-0.2, 0) is 4.79 Å². The molecule has 2 heterocycles. The molecule has 10 nitrogen and oxygen atoms in total. The van der Waals surface area contributed by atoms with Crippen molar-refractivity contribution >= 4 is 51.6 Å². The van der Waals surface area contributed by atoms with Gasteiger partial charge in [0.1, 0.15) is 11.6 Å². The molecule has 1 amide bonds. The van der Waals surface area contributed by atoms with Gasteiger partial charge in [-0.15, -0.1) is 10.2 Å². The molecule has 0 aliphatic carbocycles. The fourth-order valence-corrected chi connectivity index (χ4v) is 3.20. The third-order valence-electron chi connectivity index (χ3n) is 3.49. The first-order valence-corrected chi connectivity index (χ1v) is 10.0. The van der Waals surface area contributed by atoms with E-state index in [0.29, 0.717) is 16.7 Å². The number of nitrogens with zero attached hydrogens (tertiary/aromatic N) is 5. The number of hydrogen-bond acceptors (Lipinski definition) is 9. The highest BCUT2D eigenvalue weighted by atomic mass is 79.9. The lowest BCUT2D eigenvalue weighted by atomic mass is 10.2. The molecule has 0 atom stereocenters. The second-order valence-electron chi connectivity index (χ2n) is 5.48. The summed E-state index contributed by atoms with van der Waals surface area (Å²) in [5.41, 5.74) is 3.48. The molecule has 0 bridgehead atoms. The van der Waals surface area contributed by atoms with Gasteiger partial charge in [-0.3, -0.25) is 4.79 Å². The Morgan fingerprint density at radius 1 is 1.38 bits per heavy atom. The number of benzene rings is 1. The summed E-state index contributed by atoms with van der Waals surface area (Å²) in [7, 11) is 1.58. The van der Waals surface area contributed by atoms with E-state index < -0.39 is 0 Å². The molecule has 0 aliphatic rings. The van der Waals surface area contributed by atoms with Crippen molar-refractivity contribution in [3.8, 4) is 5.75 Å². The van der Waals surface area contributed by atoms with Crippen molar-refractivity contribution < 1.29 is 9.53 Å². The Bertz CT molecular complexity index is 1010. The first kappa shape index (κ1) is 20.6. The number of anilines is 2. The van der Waals surface area contributed by atoms with Crippen LogP contribution in [0, 0.1) is 0 Å². The van der Waals surface area contributed by atoms with E-state index in [2.05, 4.69) is 47.0 Å². The monoisotopic (exact) mass is 476 g/mol. The minimum absolute atomic E-state index is 0.102. The van der Waals surface area contributed by atoms with Crippen molar-refractivity contribution in [2.24, 2.45) is 5.10 Å². The zero-order chi connectivity index (χ0) is 20.6. The van der Waals surface area contributed by atoms with E-state index in [1.807, 2.05) is 18.2 Å². The molecule has 1 aromatic carbocycles. The lowest BCUT2D eigenvalue weighted by Crippen LogP contribution is -2.17. The number of nitrogens with one attached hydrogen (secondary N) is 2. The summed E-state index contributed by atoms with van der Waals surface area (Å²) < 4.78 is 7.39. The van der Waals surface area contributed by atoms with Gasteiger partial charge < -0.3 is 15.9 Å². The first-order valence-electron chi connectivity index (χ1n) is 8.23. The van der Waals surface area contributed by atoms with Crippen LogP contribution in [0.3, 0.4) is 0 Å². The third kappa shape index (κ3) is 5.68. The lowest BCUT2D eigenvalue weighted by molar-refractivity contribution is -0.113. The van der Waals surface area contributed by atoms with E-state index in [0.717, 1.165) is 21.8 Å². The fourth-order valence-electron chi connectivity index (χ4n) is 2.16. The number of thioether (sulfide) groups is 1. The van der Waals surface area contributed by atoms with Gasteiger partial charge in [-0.05, 0) is 30.3 Å². The molecule has 0 saturated carbocycles. The number of nitrogens with two attached hydrogens (primary N) is 1. The minimum atomic E-state index is -0.231. The molecule has 0 radical (unpaired) electrons. The van der Waals surface area contributed by atoms with Crippen molar-refractivity contribution in [1.82, 2.24) is 19.9 Å². The van der Waals surface area contributed by atoms with E-state index in [-0.39, 0.29) is 17.6 Å². The summed E-state index contributed by atoms with van der Waals surface area (Å²) in [6.45, 7) is 0. The molecule has 12 heteroatoms. The maximum Gasteiger partial charge on any atom is 0.264 e. The molecule has 3 aromatic rings. The van der Waals surface area contributed by atoms with E-state index >= 15 is 0 Å². The number of amides is 1. The molecule has 4 N–H and O–H groups in total. The first-order chi connectivity index (χ1) is 14.1. The summed E-state index contributed by atoms with van der Waals surface area (Å²) in [4.78, 5) is 16.0. The normalized spacial score (nSPS) is 10.8. The maximum absolute atomic E-state index is 12.0. The highest BCUT2D eigenvalue weighted by Gasteiger charge is 2.12. The Labute approximate surface area is 179 Å². The average molecular weight is 477 g/mol. The summed E-state index contributed by atoms with van der Waals surface area (Å²) in [5.74, 6) is 7.20. The van der Waals surface area contributed by atoms with Crippen LogP contribution in [-0.4, -0.2) is 44.8 Å². The molecule has 0 unspecified atom stereocenters. The lowest BCUT2D eigenvalue weighted by Gasteiger charge is -2.05. The van der Waals surface area contributed by atoms with Crippen LogP contribution in [0.1, 0.15) is 5.56 Å². The quantitative estimate of drug-likeness (QED) is 0.195. The maximum atomic E-state index is 12.0. The van der Waals surface area contributed by atoms with Gasteiger partial charge in [0, 0.05) is 16.2 Å². The van der Waals surface area contributed by atoms with Crippen LogP contribution < -0.4 is 21.3 Å². The fraction of sp³-hybridized carbons (Fsp3) is 0.118. The molecule has 2 aromatic heterocycles. The number of carbonyl (C=O) groups is 1. The summed E-state index contributed by atoms with van der Waals surface area (Å²) in [6.07, 6.45) is 3.17. The molecule has 0 spiro atoms. The SMILES string of the molecule is COc1ccc(Br)cc1/C=N/Nc1nnc(SCC(=O)Nc2ccccn2)n1N. The van der Waals surface area contributed by atoms with Crippen LogP contribution in [0.2, 0.25) is 0 Å². The zero-order valence-electron chi connectivity index (χ0n) is 15.2. The Kier molecular flexibility index (Phi) is 7.03. The number of hydrazone groups is 1. The van der Waals surface area contributed by atoms with Crippen molar-refractivity contribution in [3.05, 3.63) is 52.6 Å². The standard InChI is InChI=1S/C17H17BrN8O2S/c1-28-13-6-5-12(18)8-11(13)9-21-23-16-24-25-17(26(16)19)29-10-15(27)22-14-4-2-3-7-20-14/h2-9H,10,19H2,1H3,(H,23,24)(H,20,22,27)/b21-9+. The van der Waals surface area contributed by atoms with Gasteiger partial charge in [0.15, 0.2) is 0 Å². The number of hydrogen-bond donors (Lipinski definition) is 3. The predicted molar refractivity (Wildman–Crippen MR) is 116 cm³/mol. The van der Waals surface area contributed by atoms with Crippen LogP contribution in [0.5, 0.6) is 5.75 Å². The van der Waals surface area contributed by atoms with E-state index in [1.54, 1.807) is 37.7 Å². The highest BCUT2D eigenvalue weighted by Crippen LogP contribution is 2.21. The van der Waals surface area contributed by atoms with Crippen molar-refractivity contribution in [2.45, 2.75) is 5.16 Å². The molecular formula is C17H17BrN8O2S. The summed E-state index contributed by atoms with van der Waals surface area (Å²) >= 11 is 4.54. The summed E-state index contributed by atoms with van der Waals surface area (Å²) in [5, 5.41) is 15.0. The second kappa shape index (κ2) is 9.89. The van der Waals surface area contributed by atoms with Crippen LogP contribution >= 0.6 is 27.7 Å². The molecule has 29 heavy (non-hydrogen) atoms. The smallest absolute Gasteiger partial charge is 0.264 e. The van der Waals surface area contributed by atoms with Gasteiger partial charge in [-0.25, -0.2) is 15.1 Å². The number of halogens is 1. The third-order valence-corrected chi connectivity index (χ3v) is 4.93. The Hall–Kier alpha value is -3.12. The number of nitrogen functional groups attached to an aromatic ring is 1. The topological polar surface area (TPSA) is 132 Å². The molecule has 0 saturated heterocycles. The minimum Gasteiger partial charge on any atom is -0.496 e. The number of aromatic nitrogens is 4. The number of carbonyl (C=O) groups excluding carboxylic acids is 1. The van der Waals surface area contributed by atoms with Crippen LogP contribution in [0.4, 0.5) is 11.8 Å². The number of pyridine rings is 1. The molecular weight excluding hydrogens is 460 g/mol. The van der Waals surface area contributed by atoms with Gasteiger partial charge in [0.2, 0.25) is 11.1 Å². The average Bonchev–Trinajstić information content (AvgIpc) is 3.07. The van der Waals surface area contributed by atoms with Gasteiger partial charge in [0.05, 0.1) is 19.1 Å². The molecule has 3 rings (SSSR count). The van der Waals surface area contributed by atoms with Crippen molar-refractivity contribution in [2.75, 3.05) is 29.4 Å². The second-order valence-corrected chi connectivity index (χ2v) is 7.34. The van der Waals surface area contributed by atoms with Crippen LogP contribution in [0.25, 0.3) is 0 Å². The number of methoxy groups -OCH3 is 1. The Morgan fingerprint density at radius 3 is 3.00 bits per heavy atom. The van der Waals surface area contributed by atoms with Gasteiger partial charge in [-0.2, -0.15) is 5.10 Å². The van der Waals surface area contributed by atoms with Gasteiger partial charge in [-0.1, -0.05) is 33.8 Å². The Balaban J connectivity index is 1.57. The van der Waals surface area contributed by atoms with E-state index in [4.69, 9.17) is 10.6 Å². The molecule has 0 fully saturated rings. The van der Waals surface area contributed by atoms with E-state index in [1.165, 1.54) is 4.68 Å². The summed E-state index contributed by atoms with van der Waals surface area (Å²) in [6, 6.07) is 10.8. The predicted octanol–water partition coefficient (Wildman–Crippen LogP) is 2.33. The molecule has 150 valence electrons. The van der Waals surface area contributed by atoms with Gasteiger partial charge >= 0.3 is 0 Å². The van der Waals surface area contributed by atoms with Gasteiger partial charge in [0.25, 0.3) is 5.95 Å². The number of rotatable bonds is 8. The van der Waals surface area contributed by atoms with E-state index in [9.17, 15) is 4.79 Å². The Morgan fingerprint density at radius 2 is 2.24 bits per heavy atom. The van der Waals surface area contributed by atoms with Crippen LogP contribution in [0.15, 0.2) is 57.3 Å². The zero-order valence-corrected chi connectivity index (χ0v) is 17.6. The van der Waals surface area contributed by atoms with Crippen molar-refractivity contribution in [3.63, 3.8) is 0 Å². The van der Waals surface area contributed by atoms with Crippen molar-refractivity contribution in [1.29, 1.82) is 0 Å².